The zero-order chi connectivity index (χ0) is 18.3. The van der Waals surface area contributed by atoms with Gasteiger partial charge >= 0.3 is 0 Å². The fraction of sp³-hybridized carbons (Fsp3) is 0.333. The minimum absolute atomic E-state index is 0.0232. The maximum atomic E-state index is 12.7. The van der Waals surface area contributed by atoms with E-state index < -0.39 is 0 Å². The fourth-order valence-electron chi connectivity index (χ4n) is 3.36. The number of piperidine rings is 1. The molecule has 3 aromatic rings. The lowest BCUT2D eigenvalue weighted by molar-refractivity contribution is -0.123. The van der Waals surface area contributed by atoms with Crippen LogP contribution in [0, 0.1) is 6.92 Å². The number of imidazole rings is 1. The van der Waals surface area contributed by atoms with Crippen LogP contribution >= 0.6 is 0 Å². The monoisotopic (exact) mass is 352 g/mol. The highest BCUT2D eigenvalue weighted by Gasteiger charge is 2.33. The standard InChI is InChI=1S/C18H20N6O2/c1-11-6-8-24-10-13(20-15(24)9-11)18(26)21-12-3-4-16(25)22-17(12)14-5-7-19-23(14)2/h5-10,12,17H,3-4H2,1-2H3,(H,21,26)(H,22,25)/t12-,17-/m1/s1. The van der Waals surface area contributed by atoms with Gasteiger partial charge in [-0.25, -0.2) is 4.98 Å². The van der Waals surface area contributed by atoms with Crippen LogP contribution in [0.25, 0.3) is 5.65 Å². The number of carbonyl (C=O) groups excluding carboxylic acids is 2. The molecule has 0 bridgehead atoms. The van der Waals surface area contributed by atoms with Crippen molar-refractivity contribution in [1.82, 2.24) is 29.8 Å². The quantitative estimate of drug-likeness (QED) is 0.739. The third-order valence-electron chi connectivity index (χ3n) is 4.74. The summed E-state index contributed by atoms with van der Waals surface area (Å²) in [6.45, 7) is 1.98. The zero-order valence-electron chi connectivity index (χ0n) is 14.6. The first-order chi connectivity index (χ1) is 12.5. The van der Waals surface area contributed by atoms with Crippen molar-refractivity contribution >= 4 is 17.5 Å². The van der Waals surface area contributed by atoms with Crippen molar-refractivity contribution in [1.29, 1.82) is 0 Å². The van der Waals surface area contributed by atoms with Gasteiger partial charge in [-0.05, 0) is 37.1 Å². The molecule has 1 fully saturated rings. The predicted molar refractivity (Wildman–Crippen MR) is 94.5 cm³/mol. The molecule has 0 radical (unpaired) electrons. The van der Waals surface area contributed by atoms with Crippen LogP contribution in [-0.2, 0) is 11.8 Å². The van der Waals surface area contributed by atoms with Crippen LogP contribution in [0.3, 0.4) is 0 Å². The topological polar surface area (TPSA) is 93.3 Å². The van der Waals surface area contributed by atoms with Gasteiger partial charge in [-0.1, -0.05) is 0 Å². The van der Waals surface area contributed by atoms with E-state index in [1.165, 1.54) is 0 Å². The number of hydrogen-bond donors (Lipinski definition) is 2. The summed E-state index contributed by atoms with van der Waals surface area (Å²) < 4.78 is 3.53. The van der Waals surface area contributed by atoms with Crippen LogP contribution in [0.2, 0.25) is 0 Å². The lowest BCUT2D eigenvalue weighted by Crippen LogP contribution is -2.50. The van der Waals surface area contributed by atoms with Gasteiger partial charge in [0.05, 0.1) is 17.8 Å². The van der Waals surface area contributed by atoms with Gasteiger partial charge in [0.15, 0.2) is 0 Å². The Kier molecular flexibility index (Phi) is 3.95. The SMILES string of the molecule is Cc1ccn2cc(C(=O)N[C@@H]3CCC(=O)N[C@H]3c3ccnn3C)nc2c1. The van der Waals surface area contributed by atoms with Gasteiger partial charge < -0.3 is 15.0 Å². The van der Waals surface area contributed by atoms with Gasteiger partial charge in [-0.2, -0.15) is 5.10 Å². The van der Waals surface area contributed by atoms with Gasteiger partial charge in [0.2, 0.25) is 5.91 Å². The third kappa shape index (κ3) is 2.94. The molecule has 1 aliphatic heterocycles. The molecule has 0 aliphatic carbocycles. The Balaban J connectivity index is 1.58. The van der Waals surface area contributed by atoms with Crippen molar-refractivity contribution in [2.45, 2.75) is 31.8 Å². The molecular weight excluding hydrogens is 332 g/mol. The summed E-state index contributed by atoms with van der Waals surface area (Å²) >= 11 is 0. The summed E-state index contributed by atoms with van der Waals surface area (Å²) in [6, 6.07) is 5.21. The summed E-state index contributed by atoms with van der Waals surface area (Å²) in [5.41, 5.74) is 3.03. The summed E-state index contributed by atoms with van der Waals surface area (Å²) in [5.74, 6) is -0.274. The van der Waals surface area contributed by atoms with E-state index in [0.29, 0.717) is 18.5 Å². The zero-order valence-corrected chi connectivity index (χ0v) is 14.6. The molecule has 26 heavy (non-hydrogen) atoms. The number of nitrogens with one attached hydrogen (secondary N) is 2. The van der Waals surface area contributed by atoms with Crippen LogP contribution in [-0.4, -0.2) is 37.0 Å². The maximum Gasteiger partial charge on any atom is 0.271 e. The van der Waals surface area contributed by atoms with Crippen LogP contribution in [0.4, 0.5) is 0 Å². The van der Waals surface area contributed by atoms with Crippen molar-refractivity contribution in [3.8, 4) is 0 Å². The average Bonchev–Trinajstić information content (AvgIpc) is 3.22. The van der Waals surface area contributed by atoms with E-state index in [-0.39, 0.29) is 23.9 Å². The normalized spacial score (nSPS) is 20.2. The summed E-state index contributed by atoms with van der Waals surface area (Å²) in [4.78, 5) is 29.0. The number of nitrogens with zero attached hydrogens (tertiary/aromatic N) is 4. The highest BCUT2D eigenvalue weighted by Crippen LogP contribution is 2.24. The van der Waals surface area contributed by atoms with Crippen molar-refractivity contribution in [3.05, 3.63) is 53.7 Å². The number of rotatable bonds is 3. The number of carbonyl (C=O) groups is 2. The van der Waals surface area contributed by atoms with E-state index in [9.17, 15) is 9.59 Å². The smallest absolute Gasteiger partial charge is 0.271 e. The van der Waals surface area contributed by atoms with Crippen molar-refractivity contribution in [2.24, 2.45) is 7.05 Å². The van der Waals surface area contributed by atoms with E-state index in [1.54, 1.807) is 17.1 Å². The van der Waals surface area contributed by atoms with Crippen LogP contribution in [0.15, 0.2) is 36.8 Å². The van der Waals surface area contributed by atoms with Crippen molar-refractivity contribution < 1.29 is 9.59 Å². The first-order valence-corrected chi connectivity index (χ1v) is 8.55. The fourth-order valence-corrected chi connectivity index (χ4v) is 3.36. The Bertz CT molecular complexity index is 989. The largest absolute Gasteiger partial charge is 0.346 e. The lowest BCUT2D eigenvalue weighted by Gasteiger charge is -2.32. The van der Waals surface area contributed by atoms with E-state index >= 15 is 0 Å². The number of aryl methyl sites for hydroxylation is 2. The van der Waals surface area contributed by atoms with Crippen molar-refractivity contribution in [2.75, 3.05) is 0 Å². The van der Waals surface area contributed by atoms with E-state index in [1.807, 2.05) is 42.8 Å². The van der Waals surface area contributed by atoms with E-state index in [2.05, 4.69) is 20.7 Å². The van der Waals surface area contributed by atoms with Gasteiger partial charge in [0.1, 0.15) is 11.3 Å². The maximum absolute atomic E-state index is 12.7. The second-order valence-corrected chi connectivity index (χ2v) is 6.64. The summed E-state index contributed by atoms with van der Waals surface area (Å²) in [5, 5.41) is 10.1. The molecule has 0 unspecified atom stereocenters. The Morgan fingerprint density at radius 3 is 3.00 bits per heavy atom. The molecule has 3 aromatic heterocycles. The first kappa shape index (κ1) is 16.3. The molecule has 8 heteroatoms. The minimum atomic E-state index is -0.313. The molecule has 2 atom stereocenters. The molecule has 2 amide bonds. The number of hydrogen-bond acceptors (Lipinski definition) is 4. The van der Waals surface area contributed by atoms with E-state index in [0.717, 1.165) is 16.9 Å². The van der Waals surface area contributed by atoms with Gasteiger partial charge in [0.25, 0.3) is 5.91 Å². The van der Waals surface area contributed by atoms with Crippen molar-refractivity contribution in [3.63, 3.8) is 0 Å². The lowest BCUT2D eigenvalue weighted by atomic mass is 9.95. The predicted octanol–water partition coefficient (Wildman–Crippen LogP) is 1.13. The molecule has 8 nitrogen and oxygen atoms in total. The van der Waals surface area contributed by atoms with Gasteiger partial charge in [0, 0.05) is 32.1 Å². The number of aromatic nitrogens is 4. The minimum Gasteiger partial charge on any atom is -0.346 e. The van der Waals surface area contributed by atoms with Gasteiger partial charge in [-0.3, -0.25) is 14.3 Å². The molecule has 0 spiro atoms. The summed E-state index contributed by atoms with van der Waals surface area (Å²) in [6.07, 6.45) is 6.22. The Morgan fingerprint density at radius 2 is 2.23 bits per heavy atom. The molecule has 4 rings (SSSR count). The molecule has 134 valence electrons. The average molecular weight is 352 g/mol. The second-order valence-electron chi connectivity index (χ2n) is 6.64. The van der Waals surface area contributed by atoms with E-state index in [4.69, 9.17) is 0 Å². The highest BCUT2D eigenvalue weighted by atomic mass is 16.2. The third-order valence-corrected chi connectivity index (χ3v) is 4.74. The Hall–Kier alpha value is -3.16. The number of amides is 2. The summed E-state index contributed by atoms with van der Waals surface area (Å²) in [7, 11) is 1.82. The Labute approximate surface area is 150 Å². The molecule has 0 saturated carbocycles. The molecule has 1 saturated heterocycles. The first-order valence-electron chi connectivity index (χ1n) is 8.55. The molecule has 0 aromatic carbocycles. The highest BCUT2D eigenvalue weighted by molar-refractivity contribution is 5.93. The molecule has 2 N–H and O–H groups in total. The van der Waals surface area contributed by atoms with Gasteiger partial charge in [-0.15, -0.1) is 0 Å². The van der Waals surface area contributed by atoms with Crippen LogP contribution in [0.1, 0.15) is 40.6 Å². The van der Waals surface area contributed by atoms with Crippen LogP contribution < -0.4 is 10.6 Å². The van der Waals surface area contributed by atoms with Crippen LogP contribution in [0.5, 0.6) is 0 Å². The number of pyridine rings is 1. The second kappa shape index (κ2) is 6.29. The molecule has 4 heterocycles. The number of fused-ring (bicyclic) bond motifs is 1. The molecular formula is C18H20N6O2. The Morgan fingerprint density at radius 1 is 1.38 bits per heavy atom. The molecule has 1 aliphatic rings.